The zero-order valence-corrected chi connectivity index (χ0v) is 17.6. The van der Waals surface area contributed by atoms with Crippen LogP contribution in [0, 0.1) is 13.8 Å². The van der Waals surface area contributed by atoms with Gasteiger partial charge >= 0.3 is 0 Å². The Balaban J connectivity index is 1.37. The Morgan fingerprint density at radius 3 is 2.60 bits per heavy atom. The molecule has 0 aliphatic carbocycles. The average Bonchev–Trinajstić information content (AvgIpc) is 3.34. The molecule has 1 amide bonds. The molecule has 0 spiro atoms. The Morgan fingerprint density at radius 1 is 1.10 bits per heavy atom. The molecule has 1 aliphatic rings. The molecular formula is C24H26N4O2. The monoisotopic (exact) mass is 402 g/mol. The summed E-state index contributed by atoms with van der Waals surface area (Å²) in [6, 6.07) is 20.3. The van der Waals surface area contributed by atoms with Gasteiger partial charge in [-0.3, -0.25) is 4.79 Å². The van der Waals surface area contributed by atoms with Gasteiger partial charge in [-0.05, 0) is 43.2 Å². The van der Waals surface area contributed by atoms with Gasteiger partial charge in [-0.2, -0.15) is 5.10 Å². The second kappa shape index (κ2) is 8.53. The third-order valence-corrected chi connectivity index (χ3v) is 5.22. The van der Waals surface area contributed by atoms with Gasteiger partial charge < -0.3 is 9.74 Å². The third-order valence-electron chi connectivity index (χ3n) is 5.22. The van der Waals surface area contributed by atoms with Crippen LogP contribution in [0.15, 0.2) is 65.8 Å². The SMILES string of the molecule is Cc1cc(C)n(-c2cccc(CN(C)C(=O)[C@@H]3CC(Cc4ccccc4)=NO3)c2)n1. The molecule has 0 N–H and O–H groups in total. The highest BCUT2D eigenvalue weighted by Crippen LogP contribution is 2.19. The quantitative estimate of drug-likeness (QED) is 0.630. The molecule has 1 aliphatic heterocycles. The summed E-state index contributed by atoms with van der Waals surface area (Å²) >= 11 is 0. The molecule has 0 radical (unpaired) electrons. The van der Waals surface area contributed by atoms with Gasteiger partial charge in [-0.15, -0.1) is 0 Å². The largest absolute Gasteiger partial charge is 0.382 e. The molecule has 4 rings (SSSR count). The highest BCUT2D eigenvalue weighted by molar-refractivity contribution is 5.93. The predicted molar refractivity (Wildman–Crippen MR) is 117 cm³/mol. The molecule has 154 valence electrons. The lowest BCUT2D eigenvalue weighted by Gasteiger charge is -2.20. The van der Waals surface area contributed by atoms with Crippen LogP contribution in [0.25, 0.3) is 5.69 Å². The van der Waals surface area contributed by atoms with Crippen molar-refractivity contribution in [3.8, 4) is 5.69 Å². The lowest BCUT2D eigenvalue weighted by Crippen LogP contribution is -2.36. The number of aromatic nitrogens is 2. The molecule has 2 heterocycles. The first-order chi connectivity index (χ1) is 14.5. The van der Waals surface area contributed by atoms with Crippen LogP contribution in [-0.4, -0.2) is 39.5 Å². The van der Waals surface area contributed by atoms with Crippen molar-refractivity contribution in [2.45, 2.75) is 39.3 Å². The van der Waals surface area contributed by atoms with E-state index < -0.39 is 6.10 Å². The molecule has 0 saturated carbocycles. The lowest BCUT2D eigenvalue weighted by atomic mass is 10.0. The number of nitrogens with zero attached hydrogens (tertiary/aromatic N) is 4. The molecule has 1 aromatic heterocycles. The van der Waals surface area contributed by atoms with Crippen LogP contribution in [-0.2, 0) is 22.6 Å². The summed E-state index contributed by atoms with van der Waals surface area (Å²) in [5.74, 6) is -0.0571. The van der Waals surface area contributed by atoms with E-state index in [-0.39, 0.29) is 5.91 Å². The van der Waals surface area contributed by atoms with Crippen molar-refractivity contribution in [1.82, 2.24) is 14.7 Å². The van der Waals surface area contributed by atoms with Crippen LogP contribution in [0.4, 0.5) is 0 Å². The number of oxime groups is 1. The first-order valence-electron chi connectivity index (χ1n) is 10.1. The number of likely N-dealkylation sites (N-methyl/N-ethyl adjacent to an activating group) is 1. The Bertz CT molecular complexity index is 1070. The van der Waals surface area contributed by atoms with Gasteiger partial charge in [0.15, 0.2) is 0 Å². The van der Waals surface area contributed by atoms with Crippen molar-refractivity contribution in [3.63, 3.8) is 0 Å². The predicted octanol–water partition coefficient (Wildman–Crippen LogP) is 3.84. The Hall–Kier alpha value is -3.41. The van der Waals surface area contributed by atoms with E-state index in [2.05, 4.69) is 28.5 Å². The molecule has 30 heavy (non-hydrogen) atoms. The summed E-state index contributed by atoms with van der Waals surface area (Å²) in [6.45, 7) is 4.52. The van der Waals surface area contributed by atoms with E-state index in [1.54, 1.807) is 11.9 Å². The summed E-state index contributed by atoms with van der Waals surface area (Å²) in [4.78, 5) is 20.0. The molecule has 0 fully saturated rings. The van der Waals surface area contributed by atoms with Crippen LogP contribution < -0.4 is 0 Å². The zero-order chi connectivity index (χ0) is 21.1. The Labute approximate surface area is 176 Å². The first kappa shape index (κ1) is 19.9. The summed E-state index contributed by atoms with van der Waals surface area (Å²) in [6.07, 6.45) is 0.691. The van der Waals surface area contributed by atoms with E-state index in [4.69, 9.17) is 4.84 Å². The van der Waals surface area contributed by atoms with Crippen molar-refractivity contribution >= 4 is 11.6 Å². The number of hydrogen-bond donors (Lipinski definition) is 0. The number of rotatable bonds is 6. The van der Waals surface area contributed by atoms with Gasteiger partial charge in [0.05, 0.1) is 17.1 Å². The maximum atomic E-state index is 12.9. The Morgan fingerprint density at radius 2 is 1.87 bits per heavy atom. The molecule has 6 heteroatoms. The second-order valence-electron chi connectivity index (χ2n) is 7.82. The van der Waals surface area contributed by atoms with Gasteiger partial charge in [0.25, 0.3) is 5.91 Å². The smallest absolute Gasteiger partial charge is 0.266 e. The molecular weight excluding hydrogens is 376 g/mol. The highest BCUT2D eigenvalue weighted by atomic mass is 16.6. The van der Waals surface area contributed by atoms with Gasteiger partial charge in [0.1, 0.15) is 0 Å². The number of hydrogen-bond acceptors (Lipinski definition) is 4. The minimum Gasteiger partial charge on any atom is -0.382 e. The van der Waals surface area contributed by atoms with Gasteiger partial charge in [-0.1, -0.05) is 47.6 Å². The molecule has 0 bridgehead atoms. The highest BCUT2D eigenvalue weighted by Gasteiger charge is 2.30. The van der Waals surface area contributed by atoms with Crippen LogP contribution in [0.3, 0.4) is 0 Å². The molecule has 2 aromatic carbocycles. The third kappa shape index (κ3) is 4.43. The minimum absolute atomic E-state index is 0.0571. The molecule has 3 aromatic rings. The maximum Gasteiger partial charge on any atom is 0.266 e. The first-order valence-corrected chi connectivity index (χ1v) is 10.1. The maximum absolute atomic E-state index is 12.9. The van der Waals surface area contributed by atoms with Crippen molar-refractivity contribution in [2.24, 2.45) is 5.16 Å². The number of amides is 1. The van der Waals surface area contributed by atoms with E-state index in [1.807, 2.05) is 61.0 Å². The van der Waals surface area contributed by atoms with Crippen molar-refractivity contribution in [2.75, 3.05) is 7.05 Å². The van der Waals surface area contributed by atoms with Gasteiger partial charge in [0, 0.05) is 32.1 Å². The normalized spacial score (nSPS) is 15.6. The molecule has 1 atom stereocenters. The molecule has 0 saturated heterocycles. The van der Waals surface area contributed by atoms with Crippen molar-refractivity contribution in [3.05, 3.63) is 83.2 Å². The Kier molecular flexibility index (Phi) is 5.65. The molecule has 0 unspecified atom stereocenters. The molecule has 6 nitrogen and oxygen atoms in total. The fourth-order valence-electron chi connectivity index (χ4n) is 3.77. The number of carbonyl (C=O) groups excluding carboxylic acids is 1. The fourth-order valence-corrected chi connectivity index (χ4v) is 3.77. The van der Waals surface area contributed by atoms with E-state index in [0.717, 1.165) is 28.4 Å². The van der Waals surface area contributed by atoms with Gasteiger partial charge in [-0.25, -0.2) is 4.68 Å². The number of benzene rings is 2. The van der Waals surface area contributed by atoms with E-state index in [0.29, 0.717) is 19.4 Å². The minimum atomic E-state index is -0.548. The van der Waals surface area contributed by atoms with E-state index in [9.17, 15) is 4.79 Å². The second-order valence-corrected chi connectivity index (χ2v) is 7.82. The summed E-state index contributed by atoms with van der Waals surface area (Å²) < 4.78 is 1.92. The van der Waals surface area contributed by atoms with Crippen molar-refractivity contribution in [1.29, 1.82) is 0 Å². The van der Waals surface area contributed by atoms with Crippen LogP contribution >= 0.6 is 0 Å². The van der Waals surface area contributed by atoms with Crippen LogP contribution in [0.5, 0.6) is 0 Å². The number of aryl methyl sites for hydroxylation is 2. The van der Waals surface area contributed by atoms with E-state index in [1.165, 1.54) is 5.56 Å². The standard InChI is InChI=1S/C24H26N4O2/c1-17-12-18(2)28(25-17)22-11-7-10-20(14-22)16-27(3)24(29)23-15-21(26-30-23)13-19-8-5-4-6-9-19/h4-12,14,23H,13,15-16H2,1-3H3/t23-/m0/s1. The summed E-state index contributed by atoms with van der Waals surface area (Å²) in [5, 5.41) is 8.69. The average molecular weight is 402 g/mol. The van der Waals surface area contributed by atoms with Crippen LogP contribution in [0.1, 0.15) is 28.9 Å². The van der Waals surface area contributed by atoms with Crippen LogP contribution in [0.2, 0.25) is 0 Å². The topological polar surface area (TPSA) is 59.7 Å². The van der Waals surface area contributed by atoms with Crippen molar-refractivity contribution < 1.29 is 9.63 Å². The van der Waals surface area contributed by atoms with Gasteiger partial charge in [0.2, 0.25) is 6.10 Å². The lowest BCUT2D eigenvalue weighted by molar-refractivity contribution is -0.141. The fraction of sp³-hybridized carbons (Fsp3) is 0.292. The number of carbonyl (C=O) groups is 1. The summed E-state index contributed by atoms with van der Waals surface area (Å²) in [7, 11) is 1.80. The van der Waals surface area contributed by atoms with E-state index >= 15 is 0 Å². The zero-order valence-electron chi connectivity index (χ0n) is 17.6. The summed E-state index contributed by atoms with van der Waals surface area (Å²) in [5.41, 5.74) is 6.16.